The summed E-state index contributed by atoms with van der Waals surface area (Å²) < 4.78 is 5.01. The van der Waals surface area contributed by atoms with Gasteiger partial charge >= 0.3 is 0 Å². The standard InChI is InChI=1S/C11H16N4O3/c1-2-7-3-10(16)15(5-7)6-8-4-9(14-18-8)11(17)13-12/h4,7H,2-3,5-6,12H2,1H3,(H,13,17). The third kappa shape index (κ3) is 2.51. The Morgan fingerprint density at radius 1 is 1.72 bits per heavy atom. The molecule has 0 aliphatic carbocycles. The van der Waals surface area contributed by atoms with Gasteiger partial charge in [0.1, 0.15) is 0 Å². The van der Waals surface area contributed by atoms with Crippen LogP contribution in [0.4, 0.5) is 0 Å². The van der Waals surface area contributed by atoms with Gasteiger partial charge < -0.3 is 9.42 Å². The molecule has 3 N–H and O–H groups in total. The monoisotopic (exact) mass is 252 g/mol. The third-order valence-corrected chi connectivity index (χ3v) is 3.14. The van der Waals surface area contributed by atoms with E-state index < -0.39 is 5.91 Å². The minimum atomic E-state index is -0.510. The minimum Gasteiger partial charge on any atom is -0.359 e. The first-order valence-corrected chi connectivity index (χ1v) is 5.88. The topological polar surface area (TPSA) is 101 Å². The van der Waals surface area contributed by atoms with Crippen molar-refractivity contribution in [3.05, 3.63) is 17.5 Å². The molecular formula is C11H16N4O3. The van der Waals surface area contributed by atoms with Gasteiger partial charge in [0.15, 0.2) is 11.5 Å². The first-order valence-electron chi connectivity index (χ1n) is 5.88. The molecule has 1 aliphatic heterocycles. The maximum atomic E-state index is 11.7. The summed E-state index contributed by atoms with van der Waals surface area (Å²) in [6, 6.07) is 1.49. The molecule has 7 nitrogen and oxygen atoms in total. The molecule has 1 fully saturated rings. The predicted octanol–water partition coefficient (Wildman–Crippen LogP) is 0.0366. The molecule has 0 spiro atoms. The number of nitrogens with one attached hydrogen (secondary N) is 1. The Labute approximate surface area is 104 Å². The molecule has 2 amide bonds. The largest absolute Gasteiger partial charge is 0.359 e. The zero-order valence-electron chi connectivity index (χ0n) is 10.2. The van der Waals surface area contributed by atoms with Gasteiger partial charge in [0.2, 0.25) is 5.91 Å². The summed E-state index contributed by atoms with van der Waals surface area (Å²) in [4.78, 5) is 24.6. The number of nitrogen functional groups attached to an aromatic ring is 1. The summed E-state index contributed by atoms with van der Waals surface area (Å²) in [7, 11) is 0. The van der Waals surface area contributed by atoms with Gasteiger partial charge in [0.25, 0.3) is 5.91 Å². The lowest BCUT2D eigenvalue weighted by Gasteiger charge is -2.13. The Hall–Kier alpha value is -1.89. The van der Waals surface area contributed by atoms with Crippen molar-refractivity contribution >= 4 is 11.8 Å². The molecule has 7 heteroatoms. The SMILES string of the molecule is CCC1CC(=O)N(Cc2cc(C(=O)NN)no2)C1. The van der Waals surface area contributed by atoms with E-state index in [1.807, 2.05) is 5.43 Å². The second-order valence-electron chi connectivity index (χ2n) is 4.40. The van der Waals surface area contributed by atoms with Gasteiger partial charge in [0.05, 0.1) is 6.54 Å². The second kappa shape index (κ2) is 5.18. The minimum absolute atomic E-state index is 0.114. The first-order chi connectivity index (χ1) is 8.63. The van der Waals surface area contributed by atoms with Crippen molar-refractivity contribution in [2.24, 2.45) is 11.8 Å². The molecule has 0 radical (unpaired) electrons. The fourth-order valence-electron chi connectivity index (χ4n) is 2.04. The smallest absolute Gasteiger partial charge is 0.287 e. The van der Waals surface area contributed by atoms with Crippen molar-refractivity contribution in [1.29, 1.82) is 0 Å². The molecule has 1 aliphatic rings. The molecule has 1 unspecified atom stereocenters. The first kappa shape index (κ1) is 12.6. The Morgan fingerprint density at radius 2 is 2.50 bits per heavy atom. The Kier molecular flexibility index (Phi) is 3.61. The van der Waals surface area contributed by atoms with Crippen LogP contribution in [0, 0.1) is 5.92 Å². The molecule has 1 saturated heterocycles. The number of carbonyl (C=O) groups is 2. The highest BCUT2D eigenvalue weighted by atomic mass is 16.5. The van der Waals surface area contributed by atoms with E-state index in [0.717, 1.165) is 13.0 Å². The second-order valence-corrected chi connectivity index (χ2v) is 4.40. The van der Waals surface area contributed by atoms with Crippen molar-refractivity contribution in [2.75, 3.05) is 6.54 Å². The Bertz CT molecular complexity index is 457. The van der Waals surface area contributed by atoms with Crippen molar-refractivity contribution in [2.45, 2.75) is 26.3 Å². The van der Waals surface area contributed by atoms with Gasteiger partial charge in [-0.1, -0.05) is 18.5 Å². The molecule has 0 aromatic carbocycles. The zero-order valence-corrected chi connectivity index (χ0v) is 10.2. The average molecular weight is 252 g/mol. The van der Waals surface area contributed by atoms with Crippen molar-refractivity contribution in [3.8, 4) is 0 Å². The number of carbonyl (C=O) groups excluding carboxylic acids is 2. The quantitative estimate of drug-likeness (QED) is 0.447. The number of amides is 2. The van der Waals surface area contributed by atoms with E-state index in [-0.39, 0.29) is 11.6 Å². The van der Waals surface area contributed by atoms with E-state index in [4.69, 9.17) is 10.4 Å². The number of aromatic nitrogens is 1. The van der Waals surface area contributed by atoms with Crippen LogP contribution in [0.25, 0.3) is 0 Å². The molecular weight excluding hydrogens is 236 g/mol. The molecule has 1 aromatic heterocycles. The van der Waals surface area contributed by atoms with Crippen molar-refractivity contribution in [3.63, 3.8) is 0 Å². The lowest BCUT2D eigenvalue weighted by molar-refractivity contribution is -0.128. The summed E-state index contributed by atoms with van der Waals surface area (Å²) in [6.45, 7) is 3.15. The van der Waals surface area contributed by atoms with Crippen LogP contribution >= 0.6 is 0 Å². The van der Waals surface area contributed by atoms with Crippen LogP contribution < -0.4 is 11.3 Å². The van der Waals surface area contributed by atoms with Gasteiger partial charge in [-0.15, -0.1) is 0 Å². The van der Waals surface area contributed by atoms with Gasteiger partial charge in [0, 0.05) is 19.0 Å². The normalized spacial score (nSPS) is 19.3. The van der Waals surface area contributed by atoms with Crippen LogP contribution in [0.3, 0.4) is 0 Å². The fourth-order valence-corrected chi connectivity index (χ4v) is 2.04. The zero-order chi connectivity index (χ0) is 13.1. The molecule has 0 saturated carbocycles. The van der Waals surface area contributed by atoms with Crippen molar-refractivity contribution < 1.29 is 14.1 Å². The maximum Gasteiger partial charge on any atom is 0.287 e. The van der Waals surface area contributed by atoms with Gasteiger partial charge in [-0.05, 0) is 5.92 Å². The molecule has 2 heterocycles. The maximum absolute atomic E-state index is 11.7. The van der Waals surface area contributed by atoms with Crippen LogP contribution in [0.5, 0.6) is 0 Å². The molecule has 1 aromatic rings. The summed E-state index contributed by atoms with van der Waals surface area (Å²) in [5.41, 5.74) is 2.09. The van der Waals surface area contributed by atoms with E-state index in [1.165, 1.54) is 6.07 Å². The van der Waals surface area contributed by atoms with E-state index in [0.29, 0.717) is 24.6 Å². The lowest BCUT2D eigenvalue weighted by atomic mass is 10.1. The highest BCUT2D eigenvalue weighted by molar-refractivity contribution is 5.91. The highest BCUT2D eigenvalue weighted by Gasteiger charge is 2.29. The average Bonchev–Trinajstić information content (AvgIpc) is 2.97. The molecule has 98 valence electrons. The number of nitrogens with zero attached hydrogens (tertiary/aromatic N) is 2. The number of hydrogen-bond donors (Lipinski definition) is 2. The molecule has 2 rings (SSSR count). The Balaban J connectivity index is 2.00. The van der Waals surface area contributed by atoms with E-state index >= 15 is 0 Å². The van der Waals surface area contributed by atoms with Crippen LogP contribution in [0.15, 0.2) is 10.6 Å². The molecule has 18 heavy (non-hydrogen) atoms. The van der Waals surface area contributed by atoms with Crippen LogP contribution in [0.2, 0.25) is 0 Å². The van der Waals surface area contributed by atoms with Crippen LogP contribution in [-0.2, 0) is 11.3 Å². The third-order valence-electron chi connectivity index (χ3n) is 3.14. The van der Waals surface area contributed by atoms with Crippen molar-refractivity contribution in [1.82, 2.24) is 15.5 Å². The van der Waals surface area contributed by atoms with Gasteiger partial charge in [-0.2, -0.15) is 0 Å². The van der Waals surface area contributed by atoms with E-state index in [2.05, 4.69) is 12.1 Å². The number of likely N-dealkylation sites (tertiary alicyclic amines) is 1. The predicted molar refractivity (Wildman–Crippen MR) is 62.0 cm³/mol. The number of hydrogen-bond acceptors (Lipinski definition) is 5. The number of nitrogens with two attached hydrogens (primary N) is 1. The van der Waals surface area contributed by atoms with Crippen LogP contribution in [0.1, 0.15) is 36.0 Å². The van der Waals surface area contributed by atoms with Gasteiger partial charge in [-0.25, -0.2) is 5.84 Å². The van der Waals surface area contributed by atoms with Crippen LogP contribution in [-0.4, -0.2) is 28.4 Å². The molecule has 1 atom stereocenters. The summed E-state index contributed by atoms with van der Waals surface area (Å²) in [5.74, 6) is 5.49. The number of rotatable bonds is 4. The summed E-state index contributed by atoms with van der Waals surface area (Å²) in [6.07, 6.45) is 1.57. The van der Waals surface area contributed by atoms with E-state index in [1.54, 1.807) is 4.90 Å². The number of hydrazine groups is 1. The Morgan fingerprint density at radius 3 is 3.11 bits per heavy atom. The summed E-state index contributed by atoms with van der Waals surface area (Å²) in [5, 5.41) is 3.59. The fraction of sp³-hybridized carbons (Fsp3) is 0.545. The summed E-state index contributed by atoms with van der Waals surface area (Å²) >= 11 is 0. The highest BCUT2D eigenvalue weighted by Crippen LogP contribution is 2.22. The van der Waals surface area contributed by atoms with Gasteiger partial charge in [-0.3, -0.25) is 15.0 Å². The lowest BCUT2D eigenvalue weighted by Crippen LogP contribution is -2.30. The molecule has 0 bridgehead atoms. The van der Waals surface area contributed by atoms with E-state index in [9.17, 15) is 9.59 Å².